The van der Waals surface area contributed by atoms with Crippen LogP contribution in [0.2, 0.25) is 0 Å². The summed E-state index contributed by atoms with van der Waals surface area (Å²) in [5.41, 5.74) is 0. The van der Waals surface area contributed by atoms with Crippen molar-refractivity contribution in [3.8, 4) is 0 Å². The van der Waals surface area contributed by atoms with Gasteiger partial charge in [-0.25, -0.2) is 4.18 Å². The van der Waals surface area contributed by atoms with Gasteiger partial charge in [-0.15, -0.1) is 0 Å². The Morgan fingerprint density at radius 2 is 1.89 bits per heavy atom. The van der Waals surface area contributed by atoms with Crippen molar-refractivity contribution in [3.05, 3.63) is 0 Å². The van der Waals surface area contributed by atoms with E-state index in [9.17, 15) is 8.42 Å². The molecule has 0 aromatic rings. The van der Waals surface area contributed by atoms with Gasteiger partial charge in [0.2, 0.25) is 0 Å². The van der Waals surface area contributed by atoms with Crippen LogP contribution in [0, 0.1) is 0 Å². The zero-order valence-corrected chi connectivity index (χ0v) is 5.56. The molecule has 0 bridgehead atoms. The molecule has 9 heavy (non-hydrogen) atoms. The summed E-state index contributed by atoms with van der Waals surface area (Å²) in [6.07, 6.45) is 0. The van der Waals surface area contributed by atoms with Crippen LogP contribution < -0.4 is 0 Å². The first-order chi connectivity index (χ1) is 3.62. The van der Waals surface area contributed by atoms with Gasteiger partial charge in [0.05, 0.1) is 13.7 Å². The molecule has 0 amide bonds. The van der Waals surface area contributed by atoms with Gasteiger partial charge in [0, 0.05) is 0 Å². The summed E-state index contributed by atoms with van der Waals surface area (Å²) in [4.78, 5) is 0. The summed E-state index contributed by atoms with van der Waals surface area (Å²) in [5, 5.41) is 0. The van der Waals surface area contributed by atoms with Gasteiger partial charge >= 0.3 is 40.0 Å². The molecule has 0 spiro atoms. The van der Waals surface area contributed by atoms with Crippen molar-refractivity contribution < 1.29 is 16.8 Å². The Labute approximate surface area is 77.2 Å². The van der Waals surface area contributed by atoms with Crippen LogP contribution in [0.5, 0.6) is 0 Å². The Balaban J connectivity index is 0. The van der Waals surface area contributed by atoms with E-state index in [2.05, 4.69) is 8.37 Å². The summed E-state index contributed by atoms with van der Waals surface area (Å²) in [6.45, 7) is 1.67. The Bertz CT molecular complexity index is 140. The van der Waals surface area contributed by atoms with E-state index in [-0.39, 0.29) is 36.2 Å². The van der Waals surface area contributed by atoms with Gasteiger partial charge in [-0.3, -0.25) is 4.18 Å². The molecule has 52 valence electrons. The van der Waals surface area contributed by atoms with E-state index in [1.165, 1.54) is 0 Å². The van der Waals surface area contributed by atoms with E-state index in [1.54, 1.807) is 6.92 Å². The molecule has 0 aliphatic rings. The van der Waals surface area contributed by atoms with Crippen LogP contribution in [0.3, 0.4) is 0 Å². The standard InChI is InChI=1S/C3H8O4S.Na.H/c1-3-7-8(4,5)6-2;;/h3H2,1-2H3;;. The topological polar surface area (TPSA) is 52.6 Å². The van der Waals surface area contributed by atoms with Crippen LogP contribution in [0.15, 0.2) is 0 Å². The SMILES string of the molecule is CCOS(=O)(=O)OC.[NaH]. The molecule has 0 aliphatic carbocycles. The normalized spacial score (nSPS) is 10.4. The Morgan fingerprint density at radius 1 is 1.44 bits per heavy atom. The average Bonchev–Trinajstić information content (AvgIpc) is 1.67. The van der Waals surface area contributed by atoms with E-state index in [1.807, 2.05) is 0 Å². The van der Waals surface area contributed by atoms with Gasteiger partial charge < -0.3 is 0 Å². The number of hydrogen-bond acceptors (Lipinski definition) is 4. The van der Waals surface area contributed by atoms with Crippen LogP contribution in [0.4, 0.5) is 0 Å². The molecule has 0 N–H and O–H groups in total. The van der Waals surface area contributed by atoms with Crippen molar-refractivity contribution in [2.45, 2.75) is 6.92 Å². The van der Waals surface area contributed by atoms with E-state index in [0.29, 0.717) is 0 Å². The van der Waals surface area contributed by atoms with Crippen molar-refractivity contribution in [1.82, 2.24) is 0 Å². The fourth-order valence-electron chi connectivity index (χ4n) is 0.192. The molecule has 0 radical (unpaired) electrons. The second kappa shape index (κ2) is 5.64. The van der Waals surface area contributed by atoms with Gasteiger partial charge in [0.1, 0.15) is 0 Å². The van der Waals surface area contributed by atoms with E-state index >= 15 is 0 Å². The fraction of sp³-hybridized carbons (Fsp3) is 1.00. The van der Waals surface area contributed by atoms with Gasteiger partial charge in [0.15, 0.2) is 0 Å². The Hall–Kier alpha value is 0.870. The van der Waals surface area contributed by atoms with E-state index in [0.717, 1.165) is 7.11 Å². The molecule has 0 unspecified atom stereocenters. The van der Waals surface area contributed by atoms with Crippen LogP contribution in [0.25, 0.3) is 0 Å². The van der Waals surface area contributed by atoms with E-state index in [4.69, 9.17) is 0 Å². The minimum absolute atomic E-state index is 0. The molecular weight excluding hydrogens is 155 g/mol. The molecular formula is C3H9NaO4S. The second-order valence-corrected chi connectivity index (χ2v) is 2.37. The molecule has 0 fully saturated rings. The van der Waals surface area contributed by atoms with Crippen molar-refractivity contribution >= 4 is 40.0 Å². The third-order valence-corrected chi connectivity index (χ3v) is 1.40. The molecule has 0 saturated carbocycles. The maximum absolute atomic E-state index is 10.2. The predicted octanol–water partition coefficient (Wildman–Crippen LogP) is -0.734. The summed E-state index contributed by atoms with van der Waals surface area (Å²) in [6, 6.07) is 0. The van der Waals surface area contributed by atoms with Gasteiger partial charge in [0.25, 0.3) is 0 Å². The zero-order chi connectivity index (χ0) is 6.62. The Kier molecular flexibility index (Phi) is 7.86. The third-order valence-electron chi connectivity index (χ3n) is 0.466. The van der Waals surface area contributed by atoms with Crippen molar-refractivity contribution in [3.63, 3.8) is 0 Å². The molecule has 0 rings (SSSR count). The monoisotopic (exact) mass is 164 g/mol. The molecule has 6 heteroatoms. The number of hydrogen-bond donors (Lipinski definition) is 0. The first-order valence-electron chi connectivity index (χ1n) is 2.07. The average molecular weight is 164 g/mol. The molecule has 4 nitrogen and oxygen atoms in total. The fourth-order valence-corrected chi connectivity index (χ4v) is 0.577. The molecule has 0 aliphatic heterocycles. The Morgan fingerprint density at radius 3 is 2.00 bits per heavy atom. The molecule has 0 aromatic heterocycles. The van der Waals surface area contributed by atoms with Crippen LogP contribution >= 0.6 is 0 Å². The van der Waals surface area contributed by atoms with E-state index < -0.39 is 10.4 Å². The van der Waals surface area contributed by atoms with Gasteiger partial charge in [-0.2, -0.15) is 8.42 Å². The van der Waals surface area contributed by atoms with Crippen molar-refractivity contribution in [2.75, 3.05) is 13.7 Å². The van der Waals surface area contributed by atoms with Gasteiger partial charge in [-0.05, 0) is 6.92 Å². The molecule has 0 aromatic carbocycles. The molecule has 0 saturated heterocycles. The zero-order valence-electron chi connectivity index (χ0n) is 4.75. The first-order valence-corrected chi connectivity index (χ1v) is 3.40. The predicted molar refractivity (Wildman–Crippen MR) is 34.7 cm³/mol. The minimum atomic E-state index is -3.67. The molecule has 0 atom stereocenters. The first kappa shape index (κ1) is 12.5. The maximum atomic E-state index is 10.2. The van der Waals surface area contributed by atoms with Crippen LogP contribution in [-0.4, -0.2) is 51.7 Å². The summed E-state index contributed by atoms with van der Waals surface area (Å²) >= 11 is 0. The van der Waals surface area contributed by atoms with Crippen LogP contribution in [0.1, 0.15) is 6.92 Å². The van der Waals surface area contributed by atoms with Gasteiger partial charge in [-0.1, -0.05) is 0 Å². The summed E-state index contributed by atoms with van der Waals surface area (Å²) in [5.74, 6) is 0. The summed E-state index contributed by atoms with van der Waals surface area (Å²) < 4.78 is 28.4. The number of rotatable bonds is 3. The van der Waals surface area contributed by atoms with Crippen molar-refractivity contribution in [1.29, 1.82) is 0 Å². The quantitative estimate of drug-likeness (QED) is 0.516. The van der Waals surface area contributed by atoms with Crippen LogP contribution in [-0.2, 0) is 18.8 Å². The third kappa shape index (κ3) is 6.76. The molecule has 0 heterocycles. The summed E-state index contributed by atoms with van der Waals surface area (Å²) in [7, 11) is -2.62. The second-order valence-electron chi connectivity index (χ2n) is 0.981. The van der Waals surface area contributed by atoms with Crippen molar-refractivity contribution in [2.24, 2.45) is 0 Å².